The van der Waals surface area contributed by atoms with Crippen LogP contribution in [-0.4, -0.2) is 134 Å². The van der Waals surface area contributed by atoms with Crippen LogP contribution in [0, 0.1) is 0 Å². The van der Waals surface area contributed by atoms with Crippen molar-refractivity contribution in [3.8, 4) is 0 Å². The zero-order valence-electron chi connectivity index (χ0n) is 30.3. The van der Waals surface area contributed by atoms with Crippen LogP contribution in [0.3, 0.4) is 0 Å². The van der Waals surface area contributed by atoms with Crippen molar-refractivity contribution in [2.75, 3.05) is 57.8 Å². The van der Waals surface area contributed by atoms with E-state index in [2.05, 4.69) is 20.6 Å². The molecule has 1 aliphatic rings. The smallest absolute Gasteiger partial charge is 0.410 e. The number of ether oxygens (including phenoxy) is 4. The highest BCUT2D eigenvalue weighted by Crippen LogP contribution is 2.22. The van der Waals surface area contributed by atoms with Gasteiger partial charge in [-0.25, -0.2) is 14.6 Å². The van der Waals surface area contributed by atoms with Crippen LogP contribution in [-0.2, 0) is 35.1 Å². The highest BCUT2D eigenvalue weighted by Gasteiger charge is 2.28. The lowest BCUT2D eigenvalue weighted by molar-refractivity contribution is -0.144. The molecule has 18 heteroatoms. The van der Waals surface area contributed by atoms with Crippen LogP contribution in [0.2, 0.25) is 5.15 Å². The molecule has 1 saturated heterocycles. The topological polar surface area (TPSA) is 188 Å². The Morgan fingerprint density at radius 2 is 1.57 bits per heavy atom. The average Bonchev–Trinajstić information content (AvgIpc) is 3.56. The van der Waals surface area contributed by atoms with E-state index in [9.17, 15) is 24.0 Å². The van der Waals surface area contributed by atoms with Gasteiger partial charge < -0.3 is 29.2 Å². The molecule has 17 nitrogen and oxygen atoms in total. The molecular weight excluding hydrogens is 688 g/mol. The number of carbonyl (C=O) groups is 5. The van der Waals surface area contributed by atoms with Crippen molar-refractivity contribution in [3.63, 3.8) is 0 Å². The molecule has 3 heterocycles. The maximum Gasteiger partial charge on any atom is 0.410 e. The summed E-state index contributed by atoms with van der Waals surface area (Å²) in [5.74, 6) is -1.41. The normalized spacial score (nSPS) is 13.7. The number of piperidine rings is 1. The fourth-order valence-electron chi connectivity index (χ4n) is 4.79. The quantitative estimate of drug-likeness (QED) is 0.169. The summed E-state index contributed by atoms with van der Waals surface area (Å²) in [6.45, 7) is 13.2. The van der Waals surface area contributed by atoms with Gasteiger partial charge in [-0.05, 0) is 73.4 Å². The molecule has 282 valence electrons. The van der Waals surface area contributed by atoms with Crippen molar-refractivity contribution < 1.29 is 42.9 Å². The van der Waals surface area contributed by atoms with Gasteiger partial charge in [0.05, 0.1) is 37.7 Å². The fourth-order valence-corrected chi connectivity index (χ4v) is 4.99. The molecule has 1 fully saturated rings. The highest BCUT2D eigenvalue weighted by atomic mass is 35.5. The summed E-state index contributed by atoms with van der Waals surface area (Å²) in [6.07, 6.45) is 2.76. The lowest BCUT2D eigenvalue weighted by Gasteiger charge is -2.32. The first kappa shape index (κ1) is 40.9. The van der Waals surface area contributed by atoms with Crippen LogP contribution in [0.1, 0.15) is 71.8 Å². The highest BCUT2D eigenvalue weighted by molar-refractivity contribution is 6.32. The van der Waals surface area contributed by atoms with Gasteiger partial charge in [-0.1, -0.05) is 16.8 Å². The largest absolute Gasteiger partial charge is 0.465 e. The third-order valence-electron chi connectivity index (χ3n) is 7.12. The van der Waals surface area contributed by atoms with Gasteiger partial charge in [0, 0.05) is 32.4 Å². The van der Waals surface area contributed by atoms with Gasteiger partial charge in [0.2, 0.25) is 5.91 Å². The van der Waals surface area contributed by atoms with Crippen molar-refractivity contribution in [1.82, 2.24) is 34.7 Å². The van der Waals surface area contributed by atoms with Gasteiger partial charge in [-0.2, -0.15) is 0 Å². The first-order chi connectivity index (χ1) is 23.9. The number of nitrogens with one attached hydrogen (secondary N) is 1. The third-order valence-corrected chi connectivity index (χ3v) is 7.41. The molecule has 0 atom stereocenters. The minimum atomic E-state index is -0.769. The van der Waals surface area contributed by atoms with Crippen LogP contribution >= 0.6 is 11.6 Å². The molecule has 0 bridgehead atoms. The maximum atomic E-state index is 13.2. The first-order valence-electron chi connectivity index (χ1n) is 16.8. The number of rotatable bonds is 14. The van der Waals surface area contributed by atoms with Crippen LogP contribution in [0.15, 0.2) is 24.5 Å². The van der Waals surface area contributed by atoms with Gasteiger partial charge in [-0.15, -0.1) is 5.10 Å². The molecule has 0 unspecified atom stereocenters. The second kappa shape index (κ2) is 18.6. The van der Waals surface area contributed by atoms with Crippen LogP contribution in [0.4, 0.5) is 15.3 Å². The lowest BCUT2D eigenvalue weighted by Crippen LogP contribution is -2.44. The molecule has 0 aliphatic carbocycles. The van der Waals surface area contributed by atoms with Gasteiger partial charge in [0.15, 0.2) is 5.15 Å². The summed E-state index contributed by atoms with van der Waals surface area (Å²) in [7, 11) is 0. The predicted molar refractivity (Wildman–Crippen MR) is 185 cm³/mol. The summed E-state index contributed by atoms with van der Waals surface area (Å²) in [6, 6.07) is 2.95. The maximum absolute atomic E-state index is 13.2. The monoisotopic (exact) mass is 736 g/mol. The zero-order valence-corrected chi connectivity index (χ0v) is 31.1. The molecule has 2 aromatic heterocycles. The standard InChI is InChI=1S/C33H49ClN8O9/c1-8-48-27(44)22-41(31(47)51-33(5,6)7)19-20-49-23-11-14-39(15-12-23)29(45)25-10-9-24(28(34)37-25)36-26(43)21-40(30(46)50-32(2,3)4)17-18-42-16-13-35-38-42/h9-10,13,16,23H,8,11-12,14-15,17-22H2,1-7H3,(H,36,43). The van der Waals surface area contributed by atoms with Gasteiger partial charge in [0.1, 0.15) is 30.0 Å². The molecule has 0 saturated carbocycles. The predicted octanol–water partition coefficient (Wildman–Crippen LogP) is 3.62. The number of halogens is 1. The Bertz CT molecular complexity index is 1490. The Hall–Kier alpha value is -4.51. The van der Waals surface area contributed by atoms with E-state index in [0.29, 0.717) is 32.5 Å². The van der Waals surface area contributed by atoms with Crippen molar-refractivity contribution in [2.45, 2.75) is 85.2 Å². The van der Waals surface area contributed by atoms with Crippen molar-refractivity contribution in [1.29, 1.82) is 0 Å². The van der Waals surface area contributed by atoms with Crippen LogP contribution < -0.4 is 5.32 Å². The molecule has 3 rings (SSSR count). The minimum Gasteiger partial charge on any atom is -0.465 e. The summed E-state index contributed by atoms with van der Waals surface area (Å²) < 4.78 is 23.4. The lowest BCUT2D eigenvalue weighted by atomic mass is 10.1. The molecule has 4 amide bonds. The Kier molecular flexibility index (Phi) is 15.0. The fraction of sp³-hybridized carbons (Fsp3) is 0.636. The number of esters is 1. The molecular formula is C33H49ClN8O9. The minimum absolute atomic E-state index is 0.0868. The first-order valence-corrected chi connectivity index (χ1v) is 17.1. The molecule has 51 heavy (non-hydrogen) atoms. The zero-order chi connectivity index (χ0) is 37.8. The number of hydrogen-bond donors (Lipinski definition) is 1. The Balaban J connectivity index is 1.51. The number of amides is 4. The van der Waals surface area contributed by atoms with E-state index in [-0.39, 0.29) is 67.9 Å². The number of carbonyl (C=O) groups excluding carboxylic acids is 5. The van der Waals surface area contributed by atoms with E-state index >= 15 is 0 Å². The Morgan fingerprint density at radius 1 is 0.941 bits per heavy atom. The number of aromatic nitrogens is 4. The number of anilines is 1. The van der Waals surface area contributed by atoms with Gasteiger partial charge >= 0.3 is 18.2 Å². The second-order valence-electron chi connectivity index (χ2n) is 13.7. The second-order valence-corrected chi connectivity index (χ2v) is 14.1. The summed E-state index contributed by atoms with van der Waals surface area (Å²) >= 11 is 6.38. The third kappa shape index (κ3) is 14.3. The molecule has 2 aromatic rings. The SMILES string of the molecule is CCOC(=O)CN(CCOC1CCN(C(=O)c2ccc(NC(=O)CN(CCn3ccnn3)C(=O)OC(C)(C)C)c(Cl)n2)CC1)C(=O)OC(C)(C)C. The number of hydrogen-bond acceptors (Lipinski definition) is 12. The number of nitrogens with zero attached hydrogens (tertiary/aromatic N) is 7. The molecule has 0 aromatic carbocycles. The Labute approximate surface area is 302 Å². The molecule has 1 N–H and O–H groups in total. The summed E-state index contributed by atoms with van der Waals surface area (Å²) in [5, 5.41) is 10.2. The number of likely N-dealkylation sites (tertiary alicyclic amines) is 1. The number of pyridine rings is 1. The van der Waals surface area contributed by atoms with E-state index in [1.165, 1.54) is 32.8 Å². The van der Waals surface area contributed by atoms with E-state index in [1.54, 1.807) is 59.6 Å². The van der Waals surface area contributed by atoms with E-state index in [1.807, 2.05) is 0 Å². The van der Waals surface area contributed by atoms with E-state index < -0.39 is 35.3 Å². The molecule has 0 spiro atoms. The van der Waals surface area contributed by atoms with Crippen molar-refractivity contribution in [2.24, 2.45) is 0 Å². The van der Waals surface area contributed by atoms with Gasteiger partial charge in [0.25, 0.3) is 5.91 Å². The Morgan fingerprint density at radius 3 is 2.12 bits per heavy atom. The van der Waals surface area contributed by atoms with E-state index in [0.717, 1.165) is 0 Å². The molecule has 1 aliphatic heterocycles. The summed E-state index contributed by atoms with van der Waals surface area (Å²) in [4.78, 5) is 72.1. The summed E-state index contributed by atoms with van der Waals surface area (Å²) in [5.41, 5.74) is -1.22. The average molecular weight is 737 g/mol. The van der Waals surface area contributed by atoms with Gasteiger partial charge in [-0.3, -0.25) is 28.9 Å². The van der Waals surface area contributed by atoms with Crippen molar-refractivity contribution in [3.05, 3.63) is 35.4 Å². The molecule has 0 radical (unpaired) electrons. The van der Waals surface area contributed by atoms with Crippen LogP contribution in [0.5, 0.6) is 0 Å². The van der Waals surface area contributed by atoms with E-state index in [4.69, 9.17) is 30.5 Å². The van der Waals surface area contributed by atoms with Crippen molar-refractivity contribution >= 4 is 47.3 Å². The van der Waals surface area contributed by atoms with Crippen LogP contribution in [0.25, 0.3) is 0 Å².